The number of nitrogens with one attached hydrogen (secondary N) is 1. The van der Waals surface area contributed by atoms with Crippen molar-refractivity contribution in [2.24, 2.45) is 0 Å². The minimum atomic E-state index is -0.383. The molecule has 5 rings (SSSR count). The molecule has 1 aromatic heterocycles. The van der Waals surface area contributed by atoms with Gasteiger partial charge in [0.25, 0.3) is 0 Å². The molecule has 1 N–H and O–H groups in total. The SMILES string of the molecule is O=C1C[C@H](C(=O)N2CCC(c3ccc(Cc4ccccc4)cn3)CC2)c2ccccc2N1. The largest absolute Gasteiger partial charge is 0.342 e. The third kappa shape index (κ3) is 4.28. The van der Waals surface area contributed by atoms with Gasteiger partial charge in [-0.15, -0.1) is 0 Å². The lowest BCUT2D eigenvalue weighted by Gasteiger charge is -2.35. The van der Waals surface area contributed by atoms with Crippen molar-refractivity contribution in [1.82, 2.24) is 9.88 Å². The van der Waals surface area contributed by atoms with Crippen LogP contribution in [0.3, 0.4) is 0 Å². The van der Waals surface area contributed by atoms with Crippen LogP contribution in [0.2, 0.25) is 0 Å². The Kier molecular flexibility index (Phi) is 5.71. The van der Waals surface area contributed by atoms with Gasteiger partial charge in [-0.25, -0.2) is 0 Å². The van der Waals surface area contributed by atoms with E-state index in [1.807, 2.05) is 41.4 Å². The summed E-state index contributed by atoms with van der Waals surface area (Å²) in [4.78, 5) is 32.0. The van der Waals surface area contributed by atoms with E-state index < -0.39 is 0 Å². The lowest BCUT2D eigenvalue weighted by atomic mass is 9.87. The van der Waals surface area contributed by atoms with Crippen LogP contribution in [0.5, 0.6) is 0 Å². The van der Waals surface area contributed by atoms with Gasteiger partial charge in [0.1, 0.15) is 0 Å². The number of para-hydroxylation sites is 1. The van der Waals surface area contributed by atoms with E-state index in [2.05, 4.69) is 41.7 Å². The van der Waals surface area contributed by atoms with Crippen LogP contribution in [0.4, 0.5) is 5.69 Å². The summed E-state index contributed by atoms with van der Waals surface area (Å²) < 4.78 is 0. The highest BCUT2D eigenvalue weighted by molar-refractivity contribution is 6.01. The molecule has 0 radical (unpaired) electrons. The molecule has 0 spiro atoms. The van der Waals surface area contributed by atoms with E-state index in [0.717, 1.165) is 36.2 Å². The predicted octanol–water partition coefficient (Wildman–Crippen LogP) is 4.50. The van der Waals surface area contributed by atoms with Crippen molar-refractivity contribution < 1.29 is 9.59 Å². The topological polar surface area (TPSA) is 62.3 Å². The first-order valence-electron chi connectivity index (χ1n) is 11.3. The van der Waals surface area contributed by atoms with Crippen LogP contribution in [0.1, 0.15) is 53.5 Å². The van der Waals surface area contributed by atoms with Crippen LogP contribution in [0.25, 0.3) is 0 Å². The molecule has 0 unspecified atom stereocenters. The standard InChI is InChI=1S/C27H27N3O2/c31-26-17-23(22-8-4-5-9-25(22)29-26)27(32)30-14-12-21(13-15-30)24-11-10-20(18-28-24)16-19-6-2-1-3-7-19/h1-11,18,21,23H,12-17H2,(H,29,31)/t23-/m0/s1. The molecule has 1 saturated heterocycles. The smallest absolute Gasteiger partial charge is 0.230 e. The Balaban J connectivity index is 1.21. The fourth-order valence-corrected chi connectivity index (χ4v) is 4.86. The maximum absolute atomic E-state index is 13.3. The first-order valence-corrected chi connectivity index (χ1v) is 11.3. The van der Waals surface area contributed by atoms with Crippen LogP contribution in [0.15, 0.2) is 72.9 Å². The fourth-order valence-electron chi connectivity index (χ4n) is 4.86. The number of rotatable bonds is 4. The number of aromatic nitrogens is 1. The van der Waals surface area contributed by atoms with Crippen molar-refractivity contribution in [3.8, 4) is 0 Å². The van der Waals surface area contributed by atoms with Crippen molar-refractivity contribution in [2.75, 3.05) is 18.4 Å². The molecule has 32 heavy (non-hydrogen) atoms. The molecule has 2 aromatic carbocycles. The van der Waals surface area contributed by atoms with E-state index in [4.69, 9.17) is 4.98 Å². The second-order valence-electron chi connectivity index (χ2n) is 8.75. The Morgan fingerprint density at radius 2 is 1.69 bits per heavy atom. The van der Waals surface area contributed by atoms with Crippen LogP contribution >= 0.6 is 0 Å². The average Bonchev–Trinajstić information content (AvgIpc) is 2.84. The highest BCUT2D eigenvalue weighted by atomic mass is 16.2. The first kappa shape index (κ1) is 20.4. The molecule has 2 aliphatic rings. The van der Waals surface area contributed by atoms with E-state index in [0.29, 0.717) is 19.0 Å². The number of anilines is 1. The van der Waals surface area contributed by atoms with Gasteiger partial charge in [0.2, 0.25) is 11.8 Å². The molecule has 3 aromatic rings. The second-order valence-corrected chi connectivity index (χ2v) is 8.75. The fraction of sp³-hybridized carbons (Fsp3) is 0.296. The molecule has 162 valence electrons. The average molecular weight is 426 g/mol. The van der Waals surface area contributed by atoms with Crippen molar-refractivity contribution in [3.05, 3.63) is 95.3 Å². The molecule has 2 amide bonds. The monoisotopic (exact) mass is 425 g/mol. The Labute approximate surface area is 188 Å². The van der Waals surface area contributed by atoms with Gasteiger partial charge in [-0.1, -0.05) is 54.6 Å². The number of hydrogen-bond acceptors (Lipinski definition) is 3. The molecule has 1 atom stereocenters. The summed E-state index contributed by atoms with van der Waals surface area (Å²) in [6, 6.07) is 22.4. The number of amides is 2. The highest BCUT2D eigenvalue weighted by Gasteiger charge is 2.35. The quantitative estimate of drug-likeness (QED) is 0.669. The number of likely N-dealkylation sites (tertiary alicyclic amines) is 1. The summed E-state index contributed by atoms with van der Waals surface area (Å²) in [6.07, 6.45) is 4.89. The molecule has 5 nitrogen and oxygen atoms in total. The second kappa shape index (κ2) is 8.95. The maximum atomic E-state index is 13.3. The molecule has 0 bridgehead atoms. The van der Waals surface area contributed by atoms with E-state index in [1.54, 1.807) is 0 Å². The summed E-state index contributed by atoms with van der Waals surface area (Å²) in [6.45, 7) is 1.41. The van der Waals surface area contributed by atoms with Crippen molar-refractivity contribution in [3.63, 3.8) is 0 Å². The summed E-state index contributed by atoms with van der Waals surface area (Å²) in [5.74, 6) is -0.0349. The maximum Gasteiger partial charge on any atom is 0.230 e. The zero-order chi connectivity index (χ0) is 21.9. The number of benzene rings is 2. The Morgan fingerprint density at radius 1 is 0.938 bits per heavy atom. The summed E-state index contributed by atoms with van der Waals surface area (Å²) in [5.41, 5.74) is 5.29. The first-order chi connectivity index (χ1) is 15.7. The van der Waals surface area contributed by atoms with Crippen LogP contribution < -0.4 is 5.32 Å². The normalized spacial score (nSPS) is 18.7. The molecule has 5 heteroatoms. The van der Waals surface area contributed by atoms with Gasteiger partial charge in [0, 0.05) is 43.0 Å². The van der Waals surface area contributed by atoms with Gasteiger partial charge in [0.15, 0.2) is 0 Å². The zero-order valence-corrected chi connectivity index (χ0v) is 18.0. The van der Waals surface area contributed by atoms with E-state index >= 15 is 0 Å². The molecule has 2 aliphatic heterocycles. The third-order valence-electron chi connectivity index (χ3n) is 6.62. The molecule has 0 aliphatic carbocycles. The van der Waals surface area contributed by atoms with Crippen molar-refractivity contribution in [2.45, 2.75) is 37.5 Å². The van der Waals surface area contributed by atoms with Gasteiger partial charge in [-0.2, -0.15) is 0 Å². The van der Waals surface area contributed by atoms with Gasteiger partial charge in [0.05, 0.1) is 5.92 Å². The number of pyridine rings is 1. The zero-order valence-electron chi connectivity index (χ0n) is 18.0. The van der Waals surface area contributed by atoms with Gasteiger partial charge in [-0.05, 0) is 48.1 Å². The third-order valence-corrected chi connectivity index (χ3v) is 6.62. The van der Waals surface area contributed by atoms with Crippen LogP contribution in [-0.4, -0.2) is 34.8 Å². The molecule has 1 fully saturated rings. The molecule has 0 saturated carbocycles. The molecule has 3 heterocycles. The Hall–Kier alpha value is -3.47. The lowest BCUT2D eigenvalue weighted by molar-refractivity contribution is -0.135. The number of hydrogen-bond donors (Lipinski definition) is 1. The Bertz CT molecular complexity index is 1100. The summed E-state index contributed by atoms with van der Waals surface area (Å²) in [5, 5.41) is 2.88. The molecular formula is C27H27N3O2. The number of carbonyl (C=O) groups excluding carboxylic acids is 2. The van der Waals surface area contributed by atoms with Crippen molar-refractivity contribution >= 4 is 17.5 Å². The Morgan fingerprint density at radius 3 is 2.44 bits per heavy atom. The predicted molar refractivity (Wildman–Crippen MR) is 124 cm³/mol. The van der Waals surface area contributed by atoms with E-state index in [-0.39, 0.29) is 24.2 Å². The number of nitrogens with zero attached hydrogens (tertiary/aromatic N) is 2. The number of carbonyl (C=O) groups is 2. The minimum Gasteiger partial charge on any atom is -0.342 e. The van der Waals surface area contributed by atoms with Crippen LogP contribution in [0, 0.1) is 0 Å². The van der Waals surface area contributed by atoms with E-state index in [9.17, 15) is 9.59 Å². The van der Waals surface area contributed by atoms with Gasteiger partial charge < -0.3 is 10.2 Å². The number of piperidine rings is 1. The van der Waals surface area contributed by atoms with Gasteiger partial charge in [-0.3, -0.25) is 14.6 Å². The minimum absolute atomic E-state index is 0.0666. The van der Waals surface area contributed by atoms with Crippen molar-refractivity contribution in [1.29, 1.82) is 0 Å². The van der Waals surface area contributed by atoms with Gasteiger partial charge >= 0.3 is 0 Å². The lowest BCUT2D eigenvalue weighted by Crippen LogP contribution is -2.42. The highest BCUT2D eigenvalue weighted by Crippen LogP contribution is 2.35. The summed E-state index contributed by atoms with van der Waals surface area (Å²) in [7, 11) is 0. The number of fused-ring (bicyclic) bond motifs is 1. The molecular weight excluding hydrogens is 398 g/mol. The van der Waals surface area contributed by atoms with Crippen LogP contribution in [-0.2, 0) is 16.0 Å². The summed E-state index contributed by atoms with van der Waals surface area (Å²) >= 11 is 0. The van der Waals surface area contributed by atoms with E-state index in [1.165, 1.54) is 11.1 Å².